The molecule has 0 saturated heterocycles. The van der Waals surface area contributed by atoms with E-state index in [1.807, 2.05) is 18.2 Å². The third-order valence-corrected chi connectivity index (χ3v) is 2.70. The largest absolute Gasteiger partial charge is 0.496 e. The molecule has 0 fully saturated rings. The minimum atomic E-state index is 0.0390. The number of ether oxygens (including phenoxy) is 1. The number of rotatable bonds is 5. The molecule has 1 unspecified atom stereocenters. The molecule has 0 aromatic heterocycles. The molecule has 1 rings (SSSR count). The highest BCUT2D eigenvalue weighted by Crippen LogP contribution is 2.29. The van der Waals surface area contributed by atoms with Crippen molar-refractivity contribution in [1.82, 2.24) is 0 Å². The third-order valence-electron chi connectivity index (χ3n) is 2.46. The average molecular weight is 228 g/mol. The predicted octanol–water partition coefficient (Wildman–Crippen LogP) is 3.54. The Morgan fingerprint density at radius 3 is 2.80 bits per heavy atom. The number of unbranched alkanes of at least 4 members (excludes halogenated alkanes) is 1. The summed E-state index contributed by atoms with van der Waals surface area (Å²) in [6.07, 6.45) is 3.27. The predicted molar refractivity (Wildman–Crippen MR) is 64.5 cm³/mol. The van der Waals surface area contributed by atoms with E-state index in [9.17, 15) is 0 Å². The van der Waals surface area contributed by atoms with Gasteiger partial charge in [0.2, 0.25) is 0 Å². The normalized spacial score (nSPS) is 12.5. The van der Waals surface area contributed by atoms with Gasteiger partial charge in [-0.1, -0.05) is 37.4 Å². The van der Waals surface area contributed by atoms with Gasteiger partial charge in [0.15, 0.2) is 0 Å². The zero-order valence-electron chi connectivity index (χ0n) is 9.29. The van der Waals surface area contributed by atoms with Gasteiger partial charge >= 0.3 is 0 Å². The fourth-order valence-corrected chi connectivity index (χ4v) is 1.73. The van der Waals surface area contributed by atoms with Crippen LogP contribution in [0, 0.1) is 0 Å². The number of benzene rings is 1. The smallest absolute Gasteiger partial charge is 0.125 e. The maximum atomic E-state index is 6.08. The van der Waals surface area contributed by atoms with Gasteiger partial charge in [0.1, 0.15) is 5.75 Å². The first-order valence-corrected chi connectivity index (χ1v) is 5.65. The van der Waals surface area contributed by atoms with Crippen LogP contribution in [0.15, 0.2) is 18.2 Å². The molecular weight excluding hydrogens is 210 g/mol. The average Bonchev–Trinajstić information content (AvgIpc) is 2.25. The van der Waals surface area contributed by atoms with Gasteiger partial charge in [0.25, 0.3) is 0 Å². The zero-order chi connectivity index (χ0) is 11.3. The molecule has 0 aliphatic rings. The number of nitrogens with two attached hydrogens (primary N) is 1. The molecule has 0 radical (unpaired) electrons. The highest BCUT2D eigenvalue weighted by molar-refractivity contribution is 6.30. The molecule has 0 saturated carbocycles. The van der Waals surface area contributed by atoms with Gasteiger partial charge in [0.05, 0.1) is 7.11 Å². The van der Waals surface area contributed by atoms with Crippen LogP contribution in [0.25, 0.3) is 0 Å². The molecule has 3 heteroatoms. The summed E-state index contributed by atoms with van der Waals surface area (Å²) in [5.41, 5.74) is 7.12. The molecule has 84 valence electrons. The molecule has 0 aliphatic carbocycles. The van der Waals surface area contributed by atoms with Gasteiger partial charge in [-0.15, -0.1) is 0 Å². The fraction of sp³-hybridized carbons (Fsp3) is 0.500. The summed E-state index contributed by atoms with van der Waals surface area (Å²) in [6, 6.07) is 5.65. The summed E-state index contributed by atoms with van der Waals surface area (Å²) in [4.78, 5) is 0. The van der Waals surface area contributed by atoms with Crippen molar-refractivity contribution in [3.8, 4) is 5.75 Å². The minimum absolute atomic E-state index is 0.0390. The highest BCUT2D eigenvalue weighted by Gasteiger charge is 2.11. The van der Waals surface area contributed by atoms with Gasteiger partial charge < -0.3 is 10.5 Å². The first-order valence-electron chi connectivity index (χ1n) is 5.28. The highest BCUT2D eigenvalue weighted by atomic mass is 35.5. The number of hydrogen-bond acceptors (Lipinski definition) is 2. The zero-order valence-corrected chi connectivity index (χ0v) is 10.1. The van der Waals surface area contributed by atoms with Gasteiger partial charge in [-0.2, -0.15) is 0 Å². The Labute approximate surface area is 96.4 Å². The SMILES string of the molecule is CCCCC(N)c1ccc(Cl)cc1OC. The Bertz CT molecular complexity index is 314. The van der Waals surface area contributed by atoms with Crippen molar-refractivity contribution in [2.75, 3.05) is 7.11 Å². The first kappa shape index (κ1) is 12.3. The van der Waals surface area contributed by atoms with E-state index in [0.29, 0.717) is 5.02 Å². The lowest BCUT2D eigenvalue weighted by atomic mass is 10.0. The van der Waals surface area contributed by atoms with Crippen LogP contribution in [0.2, 0.25) is 5.02 Å². The van der Waals surface area contributed by atoms with E-state index in [4.69, 9.17) is 22.1 Å². The lowest BCUT2D eigenvalue weighted by molar-refractivity contribution is 0.403. The third kappa shape index (κ3) is 3.40. The van der Waals surface area contributed by atoms with Crippen molar-refractivity contribution in [2.45, 2.75) is 32.2 Å². The Morgan fingerprint density at radius 1 is 1.47 bits per heavy atom. The van der Waals surface area contributed by atoms with E-state index in [2.05, 4.69) is 6.92 Å². The van der Waals surface area contributed by atoms with Crippen LogP contribution in [0.5, 0.6) is 5.75 Å². The summed E-state index contributed by atoms with van der Waals surface area (Å²) < 4.78 is 5.26. The number of methoxy groups -OCH3 is 1. The molecule has 0 bridgehead atoms. The molecule has 2 N–H and O–H groups in total. The van der Waals surface area contributed by atoms with Crippen LogP contribution in [0.3, 0.4) is 0 Å². The van der Waals surface area contributed by atoms with Crippen molar-refractivity contribution < 1.29 is 4.74 Å². The lowest BCUT2D eigenvalue weighted by Gasteiger charge is -2.15. The molecular formula is C12H18ClNO. The topological polar surface area (TPSA) is 35.2 Å². The molecule has 0 heterocycles. The van der Waals surface area contributed by atoms with Crippen molar-refractivity contribution in [1.29, 1.82) is 0 Å². The van der Waals surface area contributed by atoms with Crippen molar-refractivity contribution >= 4 is 11.6 Å². The van der Waals surface area contributed by atoms with E-state index in [0.717, 1.165) is 30.6 Å². The Kier molecular flexibility index (Phi) is 4.92. The molecule has 0 spiro atoms. The van der Waals surface area contributed by atoms with E-state index in [1.54, 1.807) is 7.11 Å². The lowest BCUT2D eigenvalue weighted by Crippen LogP contribution is -2.11. The fourth-order valence-electron chi connectivity index (χ4n) is 1.57. The monoisotopic (exact) mass is 227 g/mol. The molecule has 0 amide bonds. The standard InChI is InChI=1S/C12H18ClNO/c1-3-4-5-11(14)10-7-6-9(13)8-12(10)15-2/h6-8,11H,3-5,14H2,1-2H3. The van der Waals surface area contributed by atoms with Gasteiger partial charge in [-0.25, -0.2) is 0 Å². The van der Waals surface area contributed by atoms with E-state index < -0.39 is 0 Å². The Balaban J connectivity index is 2.82. The maximum absolute atomic E-state index is 6.08. The van der Waals surface area contributed by atoms with E-state index >= 15 is 0 Å². The molecule has 0 aliphatic heterocycles. The number of halogens is 1. The summed E-state index contributed by atoms with van der Waals surface area (Å²) in [5, 5.41) is 0.679. The van der Waals surface area contributed by atoms with Crippen LogP contribution in [0.1, 0.15) is 37.8 Å². The second kappa shape index (κ2) is 5.99. The Morgan fingerprint density at radius 2 is 2.20 bits per heavy atom. The summed E-state index contributed by atoms with van der Waals surface area (Å²) in [5.74, 6) is 0.783. The molecule has 15 heavy (non-hydrogen) atoms. The van der Waals surface area contributed by atoms with Crippen molar-refractivity contribution in [3.63, 3.8) is 0 Å². The summed E-state index contributed by atoms with van der Waals surface area (Å²) >= 11 is 5.88. The van der Waals surface area contributed by atoms with Crippen LogP contribution in [0.4, 0.5) is 0 Å². The summed E-state index contributed by atoms with van der Waals surface area (Å²) in [7, 11) is 1.64. The number of hydrogen-bond donors (Lipinski definition) is 1. The van der Waals surface area contributed by atoms with Crippen LogP contribution in [-0.2, 0) is 0 Å². The van der Waals surface area contributed by atoms with Crippen LogP contribution >= 0.6 is 11.6 Å². The maximum Gasteiger partial charge on any atom is 0.125 e. The quantitative estimate of drug-likeness (QED) is 0.835. The molecule has 1 atom stereocenters. The second-order valence-corrected chi connectivity index (χ2v) is 4.07. The van der Waals surface area contributed by atoms with Gasteiger partial charge in [-0.3, -0.25) is 0 Å². The van der Waals surface area contributed by atoms with Crippen molar-refractivity contribution in [2.24, 2.45) is 5.73 Å². The van der Waals surface area contributed by atoms with Crippen LogP contribution < -0.4 is 10.5 Å². The minimum Gasteiger partial charge on any atom is -0.496 e. The first-order chi connectivity index (χ1) is 7.19. The second-order valence-electron chi connectivity index (χ2n) is 3.63. The molecule has 2 nitrogen and oxygen atoms in total. The van der Waals surface area contributed by atoms with Crippen LogP contribution in [-0.4, -0.2) is 7.11 Å². The van der Waals surface area contributed by atoms with E-state index in [-0.39, 0.29) is 6.04 Å². The summed E-state index contributed by atoms with van der Waals surface area (Å²) in [6.45, 7) is 2.16. The van der Waals surface area contributed by atoms with Crippen molar-refractivity contribution in [3.05, 3.63) is 28.8 Å². The van der Waals surface area contributed by atoms with Gasteiger partial charge in [0, 0.05) is 16.6 Å². The molecule has 1 aromatic rings. The Hall–Kier alpha value is -0.730. The molecule has 1 aromatic carbocycles. The van der Waals surface area contributed by atoms with E-state index in [1.165, 1.54) is 0 Å². The van der Waals surface area contributed by atoms with Gasteiger partial charge in [-0.05, 0) is 18.6 Å².